The number of rotatable bonds is 3. The molecule has 3 fully saturated rings. The van der Waals surface area contributed by atoms with Crippen LogP contribution in [0.3, 0.4) is 0 Å². The maximum absolute atomic E-state index is 12.4. The lowest BCUT2D eigenvalue weighted by Gasteiger charge is -2.43. The summed E-state index contributed by atoms with van der Waals surface area (Å²) >= 11 is 1.99. The highest BCUT2D eigenvalue weighted by atomic mass is 32.2. The Labute approximate surface area is 136 Å². The van der Waals surface area contributed by atoms with Crippen molar-refractivity contribution in [3.05, 3.63) is 0 Å². The van der Waals surface area contributed by atoms with Crippen LogP contribution >= 0.6 is 11.8 Å². The lowest BCUT2D eigenvalue weighted by molar-refractivity contribution is -0.0157. The number of nitrogens with zero attached hydrogens (tertiary/aromatic N) is 2. The Balaban J connectivity index is 1.56. The van der Waals surface area contributed by atoms with Crippen LogP contribution in [0.4, 0.5) is 4.79 Å². The van der Waals surface area contributed by atoms with E-state index in [-0.39, 0.29) is 17.7 Å². The van der Waals surface area contributed by atoms with Crippen molar-refractivity contribution in [1.29, 1.82) is 0 Å². The van der Waals surface area contributed by atoms with E-state index in [0.29, 0.717) is 19.7 Å². The van der Waals surface area contributed by atoms with Crippen LogP contribution in [0, 0.1) is 0 Å². The van der Waals surface area contributed by atoms with Crippen LogP contribution in [-0.2, 0) is 9.47 Å². The van der Waals surface area contributed by atoms with Crippen molar-refractivity contribution in [3.63, 3.8) is 0 Å². The standard InChI is InChI=1S/C15H27N3O3S/c1-13-10-17(3-8-21-13)14(19)16-11-15(2-9-22-12-15)18-4-6-20-7-5-18/h13H,2-12H2,1H3,(H,16,19)/t13-,15-/m1/s1. The molecule has 0 aromatic carbocycles. The number of hydrogen-bond donors (Lipinski definition) is 1. The maximum atomic E-state index is 12.4. The summed E-state index contributed by atoms with van der Waals surface area (Å²) in [6.45, 7) is 8.34. The molecule has 0 unspecified atom stereocenters. The second-order valence-corrected chi connectivity index (χ2v) is 7.52. The SMILES string of the molecule is C[C@@H]1CN(C(=O)NC[C@]2(N3CCOCC3)CCSC2)CCO1. The summed E-state index contributed by atoms with van der Waals surface area (Å²) in [7, 11) is 0. The molecule has 0 aromatic rings. The van der Waals surface area contributed by atoms with Gasteiger partial charge in [-0.1, -0.05) is 0 Å². The molecule has 3 rings (SSSR count). The molecule has 1 N–H and O–H groups in total. The normalized spacial score (nSPS) is 33.9. The highest BCUT2D eigenvalue weighted by Crippen LogP contribution is 2.33. The number of nitrogens with one attached hydrogen (secondary N) is 1. The second-order valence-electron chi connectivity index (χ2n) is 6.41. The minimum Gasteiger partial charge on any atom is -0.379 e. The lowest BCUT2D eigenvalue weighted by Crippen LogP contribution is -2.60. The number of ether oxygens (including phenoxy) is 2. The Morgan fingerprint density at radius 3 is 2.82 bits per heavy atom. The van der Waals surface area contributed by atoms with Gasteiger partial charge in [-0.15, -0.1) is 0 Å². The number of urea groups is 1. The summed E-state index contributed by atoms with van der Waals surface area (Å²) in [5, 5.41) is 3.19. The first-order chi connectivity index (χ1) is 10.7. The fraction of sp³-hybridized carbons (Fsp3) is 0.933. The fourth-order valence-electron chi connectivity index (χ4n) is 3.49. The molecule has 0 aromatic heterocycles. The molecule has 3 saturated heterocycles. The molecule has 6 nitrogen and oxygen atoms in total. The van der Waals surface area contributed by atoms with E-state index in [1.807, 2.05) is 23.6 Å². The van der Waals surface area contributed by atoms with E-state index in [1.165, 1.54) is 5.75 Å². The third kappa shape index (κ3) is 3.69. The monoisotopic (exact) mass is 329 g/mol. The summed E-state index contributed by atoms with van der Waals surface area (Å²) in [6.07, 6.45) is 1.28. The quantitative estimate of drug-likeness (QED) is 0.823. The molecule has 0 aliphatic carbocycles. The van der Waals surface area contributed by atoms with Crippen molar-refractivity contribution in [3.8, 4) is 0 Å². The van der Waals surface area contributed by atoms with Crippen molar-refractivity contribution >= 4 is 17.8 Å². The molecule has 0 spiro atoms. The van der Waals surface area contributed by atoms with Gasteiger partial charge in [0, 0.05) is 44.0 Å². The van der Waals surface area contributed by atoms with Crippen LogP contribution in [0.2, 0.25) is 0 Å². The largest absolute Gasteiger partial charge is 0.379 e. The van der Waals surface area contributed by atoms with E-state index in [2.05, 4.69) is 10.2 Å². The van der Waals surface area contributed by atoms with Crippen molar-refractivity contribution in [2.24, 2.45) is 0 Å². The number of morpholine rings is 2. The van der Waals surface area contributed by atoms with Crippen LogP contribution in [0.1, 0.15) is 13.3 Å². The molecule has 2 amide bonds. The van der Waals surface area contributed by atoms with Gasteiger partial charge in [-0.3, -0.25) is 4.90 Å². The van der Waals surface area contributed by atoms with Gasteiger partial charge in [-0.2, -0.15) is 11.8 Å². The van der Waals surface area contributed by atoms with Gasteiger partial charge in [0.25, 0.3) is 0 Å². The van der Waals surface area contributed by atoms with Gasteiger partial charge in [-0.05, 0) is 19.1 Å². The Morgan fingerprint density at radius 1 is 1.32 bits per heavy atom. The van der Waals surface area contributed by atoms with Crippen LogP contribution in [0.5, 0.6) is 0 Å². The molecule has 3 heterocycles. The number of carbonyl (C=O) groups excluding carboxylic acids is 1. The molecule has 3 aliphatic heterocycles. The Bertz CT molecular complexity index is 384. The van der Waals surface area contributed by atoms with Gasteiger partial charge in [0.05, 0.1) is 25.9 Å². The minimum atomic E-state index is 0.0553. The first-order valence-corrected chi connectivity index (χ1v) is 9.40. The van der Waals surface area contributed by atoms with E-state index >= 15 is 0 Å². The molecular formula is C15H27N3O3S. The smallest absolute Gasteiger partial charge is 0.317 e. The maximum Gasteiger partial charge on any atom is 0.317 e. The van der Waals surface area contributed by atoms with Gasteiger partial charge in [0.2, 0.25) is 0 Å². The molecule has 22 heavy (non-hydrogen) atoms. The fourth-order valence-corrected chi connectivity index (χ4v) is 4.97. The van der Waals surface area contributed by atoms with E-state index in [9.17, 15) is 4.79 Å². The number of hydrogen-bond acceptors (Lipinski definition) is 5. The van der Waals surface area contributed by atoms with E-state index in [4.69, 9.17) is 9.47 Å². The summed E-state index contributed by atoms with van der Waals surface area (Å²) in [5.74, 6) is 2.29. The van der Waals surface area contributed by atoms with Crippen molar-refractivity contribution in [2.75, 3.05) is 64.1 Å². The van der Waals surface area contributed by atoms with Gasteiger partial charge < -0.3 is 19.7 Å². The zero-order valence-corrected chi connectivity index (χ0v) is 14.2. The number of amides is 2. The Hall–Kier alpha value is -0.500. The molecule has 126 valence electrons. The first-order valence-electron chi connectivity index (χ1n) is 8.25. The molecule has 0 saturated carbocycles. The number of carbonyl (C=O) groups is 1. The molecule has 3 aliphatic rings. The lowest BCUT2D eigenvalue weighted by atomic mass is 9.95. The highest BCUT2D eigenvalue weighted by Gasteiger charge is 2.41. The summed E-state index contributed by atoms with van der Waals surface area (Å²) in [5.41, 5.74) is 0.113. The molecule has 0 radical (unpaired) electrons. The highest BCUT2D eigenvalue weighted by molar-refractivity contribution is 7.99. The van der Waals surface area contributed by atoms with Crippen LogP contribution in [0.25, 0.3) is 0 Å². The van der Waals surface area contributed by atoms with Crippen molar-refractivity contribution in [2.45, 2.75) is 25.0 Å². The predicted molar refractivity (Wildman–Crippen MR) is 87.5 cm³/mol. The Kier molecular flexibility index (Phi) is 5.49. The predicted octanol–water partition coefficient (Wildman–Crippen LogP) is 0.625. The summed E-state index contributed by atoms with van der Waals surface area (Å²) in [6, 6.07) is 0.0553. The summed E-state index contributed by atoms with van der Waals surface area (Å²) < 4.78 is 11.0. The van der Waals surface area contributed by atoms with Gasteiger partial charge >= 0.3 is 6.03 Å². The van der Waals surface area contributed by atoms with Gasteiger partial charge in [0.1, 0.15) is 0 Å². The Morgan fingerprint density at radius 2 is 2.14 bits per heavy atom. The van der Waals surface area contributed by atoms with Crippen LogP contribution < -0.4 is 5.32 Å². The topological polar surface area (TPSA) is 54.0 Å². The third-order valence-corrected chi connectivity index (χ3v) is 6.10. The van der Waals surface area contributed by atoms with Crippen molar-refractivity contribution in [1.82, 2.24) is 15.1 Å². The van der Waals surface area contributed by atoms with E-state index < -0.39 is 0 Å². The third-order valence-electron chi connectivity index (χ3n) is 4.86. The molecule has 2 atom stereocenters. The second kappa shape index (κ2) is 7.38. The average molecular weight is 329 g/mol. The number of thioether (sulfide) groups is 1. The summed E-state index contributed by atoms with van der Waals surface area (Å²) in [4.78, 5) is 16.8. The molecule has 7 heteroatoms. The van der Waals surface area contributed by atoms with E-state index in [1.54, 1.807) is 0 Å². The first kappa shape index (κ1) is 16.4. The zero-order valence-electron chi connectivity index (χ0n) is 13.4. The minimum absolute atomic E-state index is 0.0553. The van der Waals surface area contributed by atoms with Crippen LogP contribution in [-0.4, -0.2) is 91.5 Å². The van der Waals surface area contributed by atoms with Crippen LogP contribution in [0.15, 0.2) is 0 Å². The zero-order chi connectivity index (χ0) is 15.4. The van der Waals surface area contributed by atoms with E-state index in [0.717, 1.165) is 45.0 Å². The van der Waals surface area contributed by atoms with Crippen molar-refractivity contribution < 1.29 is 14.3 Å². The molecule has 0 bridgehead atoms. The van der Waals surface area contributed by atoms with Gasteiger partial charge in [-0.25, -0.2) is 4.79 Å². The van der Waals surface area contributed by atoms with Gasteiger partial charge in [0.15, 0.2) is 0 Å². The molecular weight excluding hydrogens is 302 g/mol. The average Bonchev–Trinajstić information content (AvgIpc) is 3.04.